The first-order valence-electron chi connectivity index (χ1n) is 8.51. The predicted molar refractivity (Wildman–Crippen MR) is 97.1 cm³/mol. The highest BCUT2D eigenvalue weighted by Gasteiger charge is 2.34. The van der Waals surface area contributed by atoms with E-state index >= 15 is 0 Å². The van der Waals surface area contributed by atoms with Gasteiger partial charge in [0.05, 0.1) is 16.6 Å². The number of anilines is 1. The Kier molecular flexibility index (Phi) is 5.38. The number of para-hydroxylation sites is 1. The summed E-state index contributed by atoms with van der Waals surface area (Å²) in [5.74, 6) is -0.512. The lowest BCUT2D eigenvalue weighted by atomic mass is 10.2. The molecule has 0 radical (unpaired) electrons. The molecule has 2 N–H and O–H groups in total. The molecule has 138 valence electrons. The summed E-state index contributed by atoms with van der Waals surface area (Å²) in [6, 6.07) is 13.1. The van der Waals surface area contributed by atoms with E-state index in [1.54, 1.807) is 30.3 Å². The van der Waals surface area contributed by atoms with Crippen molar-refractivity contribution in [2.24, 2.45) is 0 Å². The first-order valence-corrected chi connectivity index (χ1v) is 10.4. The van der Waals surface area contributed by atoms with Crippen LogP contribution in [0.5, 0.6) is 0 Å². The first-order chi connectivity index (χ1) is 12.3. The number of nitrogens with one attached hydrogen (secondary N) is 2. The molecule has 1 unspecified atom stereocenters. The summed E-state index contributed by atoms with van der Waals surface area (Å²) in [5.41, 5.74) is 1.27. The molecule has 0 aromatic heterocycles. The molecular formula is C19H22FN2O3S+. The van der Waals surface area contributed by atoms with Gasteiger partial charge in [-0.3, -0.25) is 4.79 Å². The van der Waals surface area contributed by atoms with Crippen molar-refractivity contribution in [3.8, 4) is 0 Å². The smallest absolute Gasteiger partial charge is 0.279 e. The topological polar surface area (TPSA) is 67.7 Å². The quantitative estimate of drug-likeness (QED) is 0.767. The van der Waals surface area contributed by atoms with Gasteiger partial charge in [0.2, 0.25) is 0 Å². The second kappa shape index (κ2) is 7.55. The van der Waals surface area contributed by atoms with E-state index in [1.807, 2.05) is 0 Å². The second-order valence-electron chi connectivity index (χ2n) is 6.73. The highest BCUT2D eigenvalue weighted by molar-refractivity contribution is 7.90. The third-order valence-corrected chi connectivity index (χ3v) is 5.60. The van der Waals surface area contributed by atoms with Gasteiger partial charge in [-0.05, 0) is 24.3 Å². The number of halogens is 1. The molecule has 1 aliphatic carbocycles. The number of hydrogen-bond acceptors (Lipinski definition) is 3. The van der Waals surface area contributed by atoms with Crippen LogP contribution in [0.4, 0.5) is 10.1 Å². The normalized spacial score (nSPS) is 15.5. The van der Waals surface area contributed by atoms with Gasteiger partial charge in [-0.15, -0.1) is 0 Å². The highest BCUT2D eigenvalue weighted by atomic mass is 32.2. The Hall–Kier alpha value is -2.25. The highest BCUT2D eigenvalue weighted by Crippen LogP contribution is 2.20. The van der Waals surface area contributed by atoms with Crippen LogP contribution in [0.1, 0.15) is 18.4 Å². The maximum Gasteiger partial charge on any atom is 0.279 e. The fourth-order valence-corrected chi connectivity index (χ4v) is 3.85. The van der Waals surface area contributed by atoms with E-state index in [2.05, 4.69) is 5.32 Å². The Morgan fingerprint density at radius 1 is 1.15 bits per heavy atom. The summed E-state index contributed by atoms with van der Waals surface area (Å²) >= 11 is 0. The van der Waals surface area contributed by atoms with Crippen molar-refractivity contribution >= 4 is 21.4 Å². The zero-order valence-electron chi connectivity index (χ0n) is 14.5. The number of carbonyl (C=O) groups is 1. The van der Waals surface area contributed by atoms with Crippen LogP contribution < -0.4 is 10.2 Å². The molecule has 1 fully saturated rings. The summed E-state index contributed by atoms with van der Waals surface area (Å²) in [6.45, 7) is 0.867. The molecule has 0 aliphatic heterocycles. The largest absolute Gasteiger partial charge is 0.321 e. The summed E-state index contributed by atoms with van der Waals surface area (Å²) in [5, 5.41) is 2.73. The monoisotopic (exact) mass is 377 g/mol. The SMILES string of the molecule is CS(=O)(=O)c1ccccc1NC(=O)C[NH+](Cc1ccc(F)cc1)C1CC1. The third-order valence-electron chi connectivity index (χ3n) is 4.45. The van der Waals surface area contributed by atoms with Gasteiger partial charge in [0.15, 0.2) is 16.4 Å². The Labute approximate surface area is 152 Å². The summed E-state index contributed by atoms with van der Waals surface area (Å²) in [7, 11) is -3.42. The van der Waals surface area contributed by atoms with Crippen LogP contribution >= 0.6 is 0 Å². The van der Waals surface area contributed by atoms with Gasteiger partial charge >= 0.3 is 0 Å². The van der Waals surface area contributed by atoms with Crippen LogP contribution in [0.25, 0.3) is 0 Å². The van der Waals surface area contributed by atoms with Crippen molar-refractivity contribution in [1.82, 2.24) is 0 Å². The average molecular weight is 377 g/mol. The van der Waals surface area contributed by atoms with Crippen molar-refractivity contribution in [2.75, 3.05) is 18.1 Å². The molecule has 0 saturated heterocycles. The van der Waals surface area contributed by atoms with Crippen LogP contribution in [-0.2, 0) is 21.2 Å². The molecule has 1 amide bonds. The second-order valence-corrected chi connectivity index (χ2v) is 8.71. The maximum atomic E-state index is 13.1. The lowest BCUT2D eigenvalue weighted by molar-refractivity contribution is -0.916. The van der Waals surface area contributed by atoms with Crippen LogP contribution in [0, 0.1) is 5.82 Å². The van der Waals surface area contributed by atoms with Gasteiger partial charge in [-0.1, -0.05) is 24.3 Å². The minimum Gasteiger partial charge on any atom is -0.321 e. The molecule has 7 heteroatoms. The third kappa shape index (κ3) is 4.89. The number of quaternary nitrogens is 1. The van der Waals surface area contributed by atoms with Crippen LogP contribution in [0.2, 0.25) is 0 Å². The van der Waals surface area contributed by atoms with E-state index in [0.29, 0.717) is 18.3 Å². The molecule has 3 rings (SSSR count). The van der Waals surface area contributed by atoms with Gasteiger partial charge in [0.1, 0.15) is 12.4 Å². The molecule has 0 heterocycles. The van der Waals surface area contributed by atoms with E-state index in [1.165, 1.54) is 18.2 Å². The van der Waals surface area contributed by atoms with Crippen LogP contribution in [0.3, 0.4) is 0 Å². The molecule has 0 spiro atoms. The standard InChI is InChI=1S/C19H21FN2O3S/c1-26(24,25)18-5-3-2-4-17(18)21-19(23)13-22(16-10-11-16)12-14-6-8-15(20)9-7-14/h2-9,16H,10-13H2,1H3,(H,21,23)/p+1. The summed E-state index contributed by atoms with van der Waals surface area (Å²) in [4.78, 5) is 13.7. The summed E-state index contributed by atoms with van der Waals surface area (Å²) < 4.78 is 36.8. The van der Waals surface area contributed by atoms with Crippen molar-refractivity contribution in [1.29, 1.82) is 0 Å². The van der Waals surface area contributed by atoms with Crippen LogP contribution in [-0.4, -0.2) is 33.2 Å². The Balaban J connectivity index is 1.69. The van der Waals surface area contributed by atoms with Gasteiger partial charge in [0.25, 0.3) is 5.91 Å². The van der Waals surface area contributed by atoms with E-state index in [4.69, 9.17) is 0 Å². The molecule has 1 atom stereocenters. The van der Waals surface area contributed by atoms with E-state index in [-0.39, 0.29) is 23.2 Å². The van der Waals surface area contributed by atoms with Crippen LogP contribution in [0.15, 0.2) is 53.4 Å². The molecule has 5 nitrogen and oxygen atoms in total. The lowest BCUT2D eigenvalue weighted by Crippen LogP contribution is -3.13. The fraction of sp³-hybridized carbons (Fsp3) is 0.316. The zero-order chi connectivity index (χ0) is 18.7. The Morgan fingerprint density at radius 2 is 1.81 bits per heavy atom. The maximum absolute atomic E-state index is 13.1. The molecule has 26 heavy (non-hydrogen) atoms. The Bertz CT molecular complexity index is 893. The van der Waals surface area contributed by atoms with E-state index < -0.39 is 9.84 Å². The zero-order valence-corrected chi connectivity index (χ0v) is 15.4. The fourth-order valence-electron chi connectivity index (χ4n) is 3.00. The van der Waals surface area contributed by atoms with Crippen molar-refractivity contribution in [3.63, 3.8) is 0 Å². The number of amides is 1. The number of hydrogen-bond donors (Lipinski definition) is 2. The molecule has 2 aromatic carbocycles. The van der Waals surface area contributed by atoms with Gasteiger partial charge in [-0.2, -0.15) is 0 Å². The minimum absolute atomic E-state index is 0.111. The molecule has 0 bridgehead atoms. The van der Waals surface area contributed by atoms with Crippen molar-refractivity contribution in [2.45, 2.75) is 30.3 Å². The minimum atomic E-state index is -3.42. The lowest BCUT2D eigenvalue weighted by Gasteiger charge is -2.19. The Morgan fingerprint density at radius 3 is 2.42 bits per heavy atom. The molecular weight excluding hydrogens is 355 g/mol. The molecule has 1 saturated carbocycles. The number of sulfone groups is 1. The van der Waals surface area contributed by atoms with Gasteiger partial charge < -0.3 is 10.2 Å². The van der Waals surface area contributed by atoms with Gasteiger partial charge in [0, 0.05) is 24.7 Å². The van der Waals surface area contributed by atoms with Crippen molar-refractivity contribution < 1.29 is 22.5 Å². The number of carbonyl (C=O) groups excluding carboxylic acids is 1. The first kappa shape index (κ1) is 18.5. The van der Waals surface area contributed by atoms with Crippen molar-refractivity contribution in [3.05, 3.63) is 59.9 Å². The summed E-state index contributed by atoms with van der Waals surface area (Å²) in [6.07, 6.45) is 3.24. The van der Waals surface area contributed by atoms with E-state index in [9.17, 15) is 17.6 Å². The van der Waals surface area contributed by atoms with E-state index in [0.717, 1.165) is 29.6 Å². The number of benzene rings is 2. The molecule has 2 aromatic rings. The van der Waals surface area contributed by atoms with Gasteiger partial charge in [-0.25, -0.2) is 12.8 Å². The number of rotatable bonds is 7. The predicted octanol–water partition coefficient (Wildman–Crippen LogP) is 1.42. The molecule has 1 aliphatic rings. The average Bonchev–Trinajstić information content (AvgIpc) is 3.41.